The molecule has 0 atom stereocenters. The molecule has 16 heavy (non-hydrogen) atoms. The Hall–Kier alpha value is -2.19. The van der Waals surface area contributed by atoms with Crippen molar-refractivity contribution in [3.8, 4) is 11.6 Å². The van der Waals surface area contributed by atoms with Gasteiger partial charge in [-0.15, -0.1) is 13.2 Å². The number of rotatable bonds is 2. The molecule has 0 aliphatic carbocycles. The number of aromatic nitrogens is 1. The molecule has 6 nitrogen and oxygen atoms in total. The molecule has 0 aromatic carbocycles. The summed E-state index contributed by atoms with van der Waals surface area (Å²) >= 11 is 0. The summed E-state index contributed by atoms with van der Waals surface area (Å²) in [6, 6.07) is 0.565. The number of pyridine rings is 1. The Morgan fingerprint density at radius 3 is 2.50 bits per heavy atom. The molecule has 0 bridgehead atoms. The second-order valence-electron chi connectivity index (χ2n) is 2.60. The Labute approximate surface area is 86.1 Å². The highest BCUT2D eigenvalue weighted by atomic mass is 19.4. The number of aromatic hydroxyl groups is 1. The molecular formula is C7H5F3N2O4. The van der Waals surface area contributed by atoms with E-state index in [1.165, 1.54) is 0 Å². The van der Waals surface area contributed by atoms with Gasteiger partial charge in [-0.1, -0.05) is 0 Å². The highest BCUT2D eigenvalue weighted by Gasteiger charge is 2.32. The predicted octanol–water partition coefficient (Wildman–Crippen LogP) is 0.966. The number of anilines is 1. The maximum Gasteiger partial charge on any atom is 0.574 e. The minimum absolute atomic E-state index is 0.565. The molecule has 1 rings (SSSR count). The Morgan fingerprint density at radius 2 is 2.06 bits per heavy atom. The van der Waals surface area contributed by atoms with E-state index in [0.717, 1.165) is 0 Å². The monoisotopic (exact) mass is 238 g/mol. The van der Waals surface area contributed by atoms with Gasteiger partial charge in [0.05, 0.1) is 5.69 Å². The fourth-order valence-corrected chi connectivity index (χ4v) is 0.853. The molecule has 0 spiro atoms. The highest BCUT2D eigenvalue weighted by molar-refractivity contribution is 5.90. The van der Waals surface area contributed by atoms with Crippen molar-refractivity contribution in [1.29, 1.82) is 0 Å². The van der Waals surface area contributed by atoms with Crippen molar-refractivity contribution in [1.82, 2.24) is 4.98 Å². The highest BCUT2D eigenvalue weighted by Crippen LogP contribution is 2.30. The number of carboxylic acid groups (broad SMARTS) is 1. The molecule has 9 heteroatoms. The van der Waals surface area contributed by atoms with E-state index in [0.29, 0.717) is 6.07 Å². The summed E-state index contributed by atoms with van der Waals surface area (Å²) in [4.78, 5) is 13.4. The van der Waals surface area contributed by atoms with Crippen LogP contribution >= 0.6 is 0 Å². The molecule has 0 radical (unpaired) electrons. The number of aromatic carboxylic acids is 1. The average Bonchev–Trinajstić information content (AvgIpc) is 2.07. The Balaban J connectivity index is 3.19. The van der Waals surface area contributed by atoms with Crippen LogP contribution in [-0.2, 0) is 0 Å². The summed E-state index contributed by atoms with van der Waals surface area (Å²) in [6.07, 6.45) is -5.02. The van der Waals surface area contributed by atoms with E-state index in [9.17, 15) is 18.0 Å². The van der Waals surface area contributed by atoms with Gasteiger partial charge in [0.1, 0.15) is 0 Å². The third kappa shape index (κ3) is 2.65. The van der Waals surface area contributed by atoms with Crippen molar-refractivity contribution >= 4 is 11.7 Å². The molecule has 1 aromatic heterocycles. The minimum atomic E-state index is -5.02. The largest absolute Gasteiger partial charge is 0.574 e. The van der Waals surface area contributed by atoms with Crippen molar-refractivity contribution in [2.24, 2.45) is 0 Å². The van der Waals surface area contributed by atoms with E-state index >= 15 is 0 Å². The zero-order valence-electron chi connectivity index (χ0n) is 7.45. The molecule has 0 aliphatic heterocycles. The van der Waals surface area contributed by atoms with Crippen LogP contribution < -0.4 is 10.5 Å². The van der Waals surface area contributed by atoms with E-state index in [4.69, 9.17) is 15.9 Å². The third-order valence-electron chi connectivity index (χ3n) is 1.42. The normalized spacial score (nSPS) is 11.2. The van der Waals surface area contributed by atoms with Crippen LogP contribution in [0.4, 0.5) is 18.9 Å². The fraction of sp³-hybridized carbons (Fsp3) is 0.143. The van der Waals surface area contributed by atoms with Gasteiger partial charge in [-0.3, -0.25) is 0 Å². The molecule has 88 valence electrons. The molecule has 1 aromatic rings. The third-order valence-corrected chi connectivity index (χ3v) is 1.42. The smallest absolute Gasteiger partial charge is 0.504 e. The van der Waals surface area contributed by atoms with Crippen LogP contribution in [0.1, 0.15) is 10.5 Å². The molecule has 4 N–H and O–H groups in total. The lowest BCUT2D eigenvalue weighted by molar-refractivity contribution is -0.276. The number of alkyl halides is 3. The van der Waals surface area contributed by atoms with Gasteiger partial charge in [0.2, 0.25) is 5.88 Å². The van der Waals surface area contributed by atoms with Crippen LogP contribution in [0, 0.1) is 0 Å². The van der Waals surface area contributed by atoms with Gasteiger partial charge in [0, 0.05) is 6.07 Å². The molecule has 0 saturated carbocycles. The number of ether oxygens (including phenoxy) is 1. The predicted molar refractivity (Wildman–Crippen MR) is 44.0 cm³/mol. The molecule has 0 fully saturated rings. The first-order valence-electron chi connectivity index (χ1n) is 3.69. The summed E-state index contributed by atoms with van der Waals surface area (Å²) in [5.41, 5.74) is 3.49. The number of hydrogen-bond donors (Lipinski definition) is 3. The van der Waals surface area contributed by atoms with Gasteiger partial charge >= 0.3 is 12.3 Å². The molecule has 0 unspecified atom stereocenters. The molecule has 1 heterocycles. The van der Waals surface area contributed by atoms with Gasteiger partial charge in [0.25, 0.3) is 0 Å². The van der Waals surface area contributed by atoms with Crippen molar-refractivity contribution < 1.29 is 32.9 Å². The average molecular weight is 238 g/mol. The van der Waals surface area contributed by atoms with Gasteiger partial charge < -0.3 is 20.7 Å². The van der Waals surface area contributed by atoms with Gasteiger partial charge in [-0.25, -0.2) is 9.78 Å². The van der Waals surface area contributed by atoms with Gasteiger partial charge in [-0.2, -0.15) is 0 Å². The Morgan fingerprint density at radius 1 is 1.50 bits per heavy atom. The second-order valence-corrected chi connectivity index (χ2v) is 2.60. The van der Waals surface area contributed by atoms with Gasteiger partial charge in [0.15, 0.2) is 11.4 Å². The van der Waals surface area contributed by atoms with E-state index in [2.05, 4.69) is 9.72 Å². The van der Waals surface area contributed by atoms with Crippen molar-refractivity contribution in [2.45, 2.75) is 6.36 Å². The van der Waals surface area contributed by atoms with Crippen LogP contribution in [-0.4, -0.2) is 27.5 Å². The Kier molecular flexibility index (Phi) is 2.79. The first-order valence-corrected chi connectivity index (χ1v) is 3.69. The number of nitrogens with zero attached hydrogens (tertiary/aromatic N) is 1. The van der Waals surface area contributed by atoms with Crippen LogP contribution in [0.2, 0.25) is 0 Å². The minimum Gasteiger partial charge on any atom is -0.504 e. The van der Waals surface area contributed by atoms with E-state index in [1.54, 1.807) is 0 Å². The van der Waals surface area contributed by atoms with Crippen molar-refractivity contribution in [3.05, 3.63) is 11.8 Å². The SMILES string of the molecule is Nc1cc(OC(F)(F)F)nc(C(=O)O)c1O. The Bertz CT molecular complexity index is 432. The van der Waals surface area contributed by atoms with Crippen LogP contribution in [0.5, 0.6) is 11.6 Å². The van der Waals surface area contributed by atoms with Crippen LogP contribution in [0.15, 0.2) is 6.07 Å². The lowest BCUT2D eigenvalue weighted by Gasteiger charge is -2.10. The first-order chi connectivity index (χ1) is 7.20. The number of hydrogen-bond acceptors (Lipinski definition) is 5. The summed E-state index contributed by atoms with van der Waals surface area (Å²) < 4.78 is 38.7. The lowest BCUT2D eigenvalue weighted by Crippen LogP contribution is -2.19. The zero-order valence-corrected chi connectivity index (χ0v) is 7.45. The zero-order chi connectivity index (χ0) is 12.5. The number of halogens is 3. The summed E-state index contributed by atoms with van der Waals surface area (Å²) in [6.45, 7) is 0. The standard InChI is InChI=1S/C7H5F3N2O4/c8-7(9,10)16-3-1-2(11)5(13)4(12-3)6(14)15/h1,13H,(H2,11,12)(H,14,15). The van der Waals surface area contributed by atoms with E-state index < -0.39 is 35.3 Å². The van der Waals surface area contributed by atoms with E-state index in [-0.39, 0.29) is 0 Å². The second kappa shape index (κ2) is 3.76. The number of nitrogen functional groups attached to an aromatic ring is 1. The first kappa shape index (κ1) is 11.9. The van der Waals surface area contributed by atoms with Crippen molar-refractivity contribution in [2.75, 3.05) is 5.73 Å². The van der Waals surface area contributed by atoms with Gasteiger partial charge in [-0.05, 0) is 0 Å². The molecule has 0 saturated heterocycles. The summed E-state index contributed by atoms with van der Waals surface area (Å²) in [5.74, 6) is -3.70. The van der Waals surface area contributed by atoms with Crippen LogP contribution in [0.25, 0.3) is 0 Å². The summed E-state index contributed by atoms with van der Waals surface area (Å²) in [7, 11) is 0. The maximum absolute atomic E-state index is 11.8. The molecular weight excluding hydrogens is 233 g/mol. The van der Waals surface area contributed by atoms with Crippen molar-refractivity contribution in [3.63, 3.8) is 0 Å². The fourth-order valence-electron chi connectivity index (χ4n) is 0.853. The topological polar surface area (TPSA) is 106 Å². The number of carboxylic acids is 1. The summed E-state index contributed by atoms with van der Waals surface area (Å²) in [5, 5.41) is 17.6. The lowest BCUT2D eigenvalue weighted by atomic mass is 10.3. The number of carbonyl (C=O) groups is 1. The van der Waals surface area contributed by atoms with Crippen LogP contribution in [0.3, 0.4) is 0 Å². The molecule has 0 aliphatic rings. The quantitative estimate of drug-likeness (QED) is 0.708. The maximum atomic E-state index is 11.8. The van der Waals surface area contributed by atoms with E-state index in [1.807, 2.05) is 0 Å². The number of nitrogens with two attached hydrogens (primary N) is 1. The molecule has 0 amide bonds.